The molecule has 2 heterocycles. The fourth-order valence-electron chi connectivity index (χ4n) is 3.32. The van der Waals surface area contributed by atoms with E-state index in [0.717, 1.165) is 25.7 Å². The van der Waals surface area contributed by atoms with Crippen molar-refractivity contribution in [3.05, 3.63) is 0 Å². The number of piperidine rings is 1. The number of ether oxygens (including phenoxy) is 1. The molecule has 0 radical (unpaired) electrons. The van der Waals surface area contributed by atoms with Crippen LogP contribution >= 0.6 is 0 Å². The number of carbonyl (C=O) groups is 2. The van der Waals surface area contributed by atoms with Crippen LogP contribution in [-0.4, -0.2) is 39.8 Å². The highest BCUT2D eigenvalue weighted by Crippen LogP contribution is 2.40. The van der Waals surface area contributed by atoms with Gasteiger partial charge in [-0.15, -0.1) is 0 Å². The molecule has 2 bridgehead atoms. The summed E-state index contributed by atoms with van der Waals surface area (Å²) in [6, 6.07) is 0.330. The zero-order valence-corrected chi connectivity index (χ0v) is 11.9. The number of carboxylic acids is 1. The molecule has 0 aromatic heterocycles. The summed E-state index contributed by atoms with van der Waals surface area (Å²) in [4.78, 5) is 24.8. The number of rotatable bonds is 2. The standard InChI is InChI=1S/C14H23NO4/c1-14(2,3)19-13(18)15-10-4-5-11(15)7-9(6-10)8-12(16)17/h9-11H,4-8H2,1-3H3,(H,16,17)/t10-,11-/m0/s1. The highest BCUT2D eigenvalue weighted by atomic mass is 16.6. The van der Waals surface area contributed by atoms with Crippen LogP contribution in [0.2, 0.25) is 0 Å². The van der Waals surface area contributed by atoms with E-state index in [1.54, 1.807) is 0 Å². The molecule has 1 N–H and O–H groups in total. The van der Waals surface area contributed by atoms with Crippen molar-refractivity contribution < 1.29 is 19.4 Å². The van der Waals surface area contributed by atoms with Crippen molar-refractivity contribution in [2.75, 3.05) is 0 Å². The van der Waals surface area contributed by atoms with Gasteiger partial charge in [-0.3, -0.25) is 4.79 Å². The molecule has 5 nitrogen and oxygen atoms in total. The minimum atomic E-state index is -0.741. The first-order chi connectivity index (χ1) is 8.76. The van der Waals surface area contributed by atoms with Crippen molar-refractivity contribution in [1.29, 1.82) is 0 Å². The van der Waals surface area contributed by atoms with Crippen LogP contribution in [-0.2, 0) is 9.53 Å². The smallest absolute Gasteiger partial charge is 0.410 e. The maximum Gasteiger partial charge on any atom is 0.410 e. The normalized spacial score (nSPS) is 30.3. The average Bonchev–Trinajstić information content (AvgIpc) is 2.47. The number of carbonyl (C=O) groups excluding carboxylic acids is 1. The zero-order chi connectivity index (χ0) is 14.2. The average molecular weight is 269 g/mol. The summed E-state index contributed by atoms with van der Waals surface area (Å²) in [5.74, 6) is -0.538. The van der Waals surface area contributed by atoms with E-state index in [2.05, 4.69) is 0 Å². The van der Waals surface area contributed by atoms with Crippen LogP contribution < -0.4 is 0 Å². The predicted octanol–water partition coefficient (Wildman–Crippen LogP) is 2.64. The molecule has 2 aliphatic rings. The molecule has 2 rings (SSSR count). The van der Waals surface area contributed by atoms with Crippen LogP contribution in [0.15, 0.2) is 0 Å². The molecule has 2 atom stereocenters. The van der Waals surface area contributed by atoms with Gasteiger partial charge >= 0.3 is 12.1 Å². The number of nitrogens with zero attached hydrogens (tertiary/aromatic N) is 1. The van der Waals surface area contributed by atoms with Gasteiger partial charge in [0, 0.05) is 18.5 Å². The van der Waals surface area contributed by atoms with E-state index in [1.165, 1.54) is 0 Å². The molecular formula is C14H23NO4. The monoisotopic (exact) mass is 269 g/mol. The second kappa shape index (κ2) is 5.02. The summed E-state index contributed by atoms with van der Waals surface area (Å²) in [7, 11) is 0. The molecular weight excluding hydrogens is 246 g/mol. The van der Waals surface area contributed by atoms with Crippen LogP contribution in [0.4, 0.5) is 4.79 Å². The summed E-state index contributed by atoms with van der Waals surface area (Å²) < 4.78 is 5.45. The van der Waals surface area contributed by atoms with Crippen molar-refractivity contribution in [2.24, 2.45) is 5.92 Å². The third kappa shape index (κ3) is 3.39. The fraction of sp³-hybridized carbons (Fsp3) is 0.857. The largest absolute Gasteiger partial charge is 0.481 e. The molecule has 5 heteroatoms. The predicted molar refractivity (Wildman–Crippen MR) is 69.9 cm³/mol. The van der Waals surface area contributed by atoms with Gasteiger partial charge in [-0.2, -0.15) is 0 Å². The minimum Gasteiger partial charge on any atom is -0.481 e. The van der Waals surface area contributed by atoms with Gasteiger partial charge in [0.1, 0.15) is 5.60 Å². The molecule has 0 saturated carbocycles. The molecule has 1 amide bonds. The Kier molecular flexibility index (Phi) is 3.74. The second-order valence-corrected chi connectivity index (χ2v) is 6.71. The molecule has 0 aliphatic carbocycles. The molecule has 0 aromatic rings. The first kappa shape index (κ1) is 14.2. The van der Waals surface area contributed by atoms with Gasteiger partial charge in [0.15, 0.2) is 0 Å². The summed E-state index contributed by atoms with van der Waals surface area (Å²) in [6.45, 7) is 5.60. The number of carboxylic acid groups (broad SMARTS) is 1. The zero-order valence-electron chi connectivity index (χ0n) is 11.9. The third-order valence-corrected chi connectivity index (χ3v) is 3.90. The lowest BCUT2D eigenvalue weighted by Crippen LogP contribution is -2.48. The lowest BCUT2D eigenvalue weighted by atomic mass is 9.88. The van der Waals surface area contributed by atoms with Gasteiger partial charge in [0.2, 0.25) is 0 Å². The molecule has 2 fully saturated rings. The van der Waals surface area contributed by atoms with E-state index in [0.29, 0.717) is 0 Å². The van der Waals surface area contributed by atoms with E-state index < -0.39 is 11.6 Å². The lowest BCUT2D eigenvalue weighted by molar-refractivity contribution is -0.138. The van der Waals surface area contributed by atoms with Crippen molar-refractivity contribution in [1.82, 2.24) is 4.90 Å². The SMILES string of the molecule is CC(C)(C)OC(=O)N1[C@H]2CC[C@H]1CC(CC(=O)O)C2. The Balaban J connectivity index is 1.99. The minimum absolute atomic E-state index is 0.165. The van der Waals surface area contributed by atoms with E-state index >= 15 is 0 Å². The number of fused-ring (bicyclic) bond motifs is 2. The van der Waals surface area contributed by atoms with Gasteiger partial charge in [0.05, 0.1) is 0 Å². The Morgan fingerprint density at radius 3 is 2.16 bits per heavy atom. The second-order valence-electron chi connectivity index (χ2n) is 6.71. The summed E-state index contributed by atoms with van der Waals surface area (Å²) >= 11 is 0. The summed E-state index contributed by atoms with van der Waals surface area (Å²) in [5.41, 5.74) is -0.478. The fourth-order valence-corrected chi connectivity index (χ4v) is 3.32. The van der Waals surface area contributed by atoms with Crippen molar-refractivity contribution in [2.45, 2.75) is 70.6 Å². The van der Waals surface area contributed by atoms with Gasteiger partial charge in [0.25, 0.3) is 0 Å². The summed E-state index contributed by atoms with van der Waals surface area (Å²) in [6.07, 6.45) is 3.51. The Bertz CT molecular complexity index is 360. The Labute approximate surface area is 113 Å². The van der Waals surface area contributed by atoms with Crippen molar-refractivity contribution in [3.8, 4) is 0 Å². The first-order valence-corrected chi connectivity index (χ1v) is 6.99. The van der Waals surface area contributed by atoms with Crippen molar-refractivity contribution >= 4 is 12.1 Å². The Hall–Kier alpha value is -1.26. The molecule has 0 spiro atoms. The maximum absolute atomic E-state index is 12.2. The van der Waals surface area contributed by atoms with Crippen molar-refractivity contribution in [3.63, 3.8) is 0 Å². The van der Waals surface area contributed by atoms with Gasteiger partial charge < -0.3 is 14.7 Å². The van der Waals surface area contributed by atoms with Gasteiger partial charge in [-0.1, -0.05) is 0 Å². The summed E-state index contributed by atoms with van der Waals surface area (Å²) in [5, 5.41) is 8.88. The van der Waals surface area contributed by atoms with E-state index in [9.17, 15) is 9.59 Å². The Morgan fingerprint density at radius 1 is 1.21 bits per heavy atom. The topological polar surface area (TPSA) is 66.8 Å². The van der Waals surface area contributed by atoms with Crippen LogP contribution in [0, 0.1) is 5.92 Å². The highest BCUT2D eigenvalue weighted by molar-refractivity contribution is 5.70. The van der Waals surface area contributed by atoms with Crippen LogP contribution in [0.25, 0.3) is 0 Å². The number of hydrogen-bond donors (Lipinski definition) is 1. The van der Waals surface area contributed by atoms with Crippen LogP contribution in [0.5, 0.6) is 0 Å². The molecule has 0 unspecified atom stereocenters. The number of aliphatic carboxylic acids is 1. The molecule has 0 aromatic carbocycles. The molecule has 108 valence electrons. The lowest BCUT2D eigenvalue weighted by Gasteiger charge is -2.39. The van der Waals surface area contributed by atoms with Crippen LogP contribution in [0.1, 0.15) is 52.9 Å². The molecule has 2 saturated heterocycles. The molecule has 2 aliphatic heterocycles. The number of hydrogen-bond acceptors (Lipinski definition) is 3. The third-order valence-electron chi connectivity index (χ3n) is 3.90. The first-order valence-electron chi connectivity index (χ1n) is 6.99. The Morgan fingerprint density at radius 2 is 1.74 bits per heavy atom. The maximum atomic E-state index is 12.2. The quantitative estimate of drug-likeness (QED) is 0.836. The van der Waals surface area contributed by atoms with E-state index in [4.69, 9.17) is 9.84 Å². The van der Waals surface area contributed by atoms with Gasteiger partial charge in [-0.25, -0.2) is 4.79 Å². The van der Waals surface area contributed by atoms with E-state index in [-0.39, 0.29) is 30.5 Å². The van der Waals surface area contributed by atoms with Crippen LogP contribution in [0.3, 0.4) is 0 Å². The van der Waals surface area contributed by atoms with Gasteiger partial charge in [-0.05, 0) is 52.4 Å². The van der Waals surface area contributed by atoms with E-state index in [1.807, 2.05) is 25.7 Å². The highest BCUT2D eigenvalue weighted by Gasteiger charge is 2.45. The molecule has 19 heavy (non-hydrogen) atoms. The number of amides is 1.